The van der Waals surface area contributed by atoms with Gasteiger partial charge in [-0.1, -0.05) is 102 Å². The van der Waals surface area contributed by atoms with Crippen LogP contribution in [0.5, 0.6) is 11.6 Å². The van der Waals surface area contributed by atoms with Gasteiger partial charge in [0.05, 0.1) is 11.6 Å². The van der Waals surface area contributed by atoms with Crippen LogP contribution in [0, 0.1) is 17.3 Å². The number of amides is 1. The van der Waals surface area contributed by atoms with Crippen LogP contribution in [-0.2, 0) is 33.6 Å². The fraction of sp³-hybridized carbons (Fsp3) is 0.457. The minimum absolute atomic E-state index is 0.0216. The summed E-state index contributed by atoms with van der Waals surface area (Å²) in [5.74, 6) is -2.61. The number of carbonyl (C=O) groups excluding carboxylic acids is 3. The van der Waals surface area contributed by atoms with Gasteiger partial charge in [-0.05, 0) is 88.6 Å². The van der Waals surface area contributed by atoms with E-state index in [0.29, 0.717) is 15.9 Å². The molecule has 3 aliphatic rings. The summed E-state index contributed by atoms with van der Waals surface area (Å²) in [6.45, 7) is 16.3. The molecule has 2 aromatic carbocycles. The van der Waals surface area contributed by atoms with Crippen molar-refractivity contribution in [1.82, 2.24) is 15.0 Å². The summed E-state index contributed by atoms with van der Waals surface area (Å²) in [5, 5.41) is 19.5. The van der Waals surface area contributed by atoms with Crippen LogP contribution in [0.2, 0.25) is 18.1 Å². The number of ketones is 2. The lowest BCUT2D eigenvalue weighted by molar-refractivity contribution is -0.140. The quantitative estimate of drug-likeness (QED) is 0.0841. The summed E-state index contributed by atoms with van der Waals surface area (Å²) in [4.78, 5) is 51.7. The van der Waals surface area contributed by atoms with E-state index < -0.39 is 48.4 Å². The Morgan fingerprint density at radius 2 is 1.55 bits per heavy atom. The number of pyridine rings is 1. The average Bonchev–Trinajstić information content (AvgIpc) is 3.58. The smallest absolute Gasteiger partial charge is 0.265 e. The summed E-state index contributed by atoms with van der Waals surface area (Å²) < 4.78 is 26.4. The van der Waals surface area contributed by atoms with E-state index in [1.807, 2.05) is 114 Å². The molecule has 14 heteroatoms. The molecule has 0 saturated heterocycles. The van der Waals surface area contributed by atoms with Crippen molar-refractivity contribution in [3.63, 3.8) is 0 Å². The molecule has 318 valence electrons. The maximum Gasteiger partial charge on any atom is 0.265 e. The van der Waals surface area contributed by atoms with E-state index >= 15 is 9.59 Å². The number of hydrogen-bond donors (Lipinski definition) is 2. The molecular formula is C46H55BrN4O8Si. The third-order valence-corrected chi connectivity index (χ3v) is 17.4. The Morgan fingerprint density at radius 3 is 2.12 bits per heavy atom. The number of Topliss-reactive ketones (excluding diaryl/α,β-unsaturated/α-hetero) is 2. The summed E-state index contributed by atoms with van der Waals surface area (Å²) in [6.07, 6.45) is 0.757. The summed E-state index contributed by atoms with van der Waals surface area (Å²) in [5.41, 5.74) is 0.285. The molecular weight excluding hydrogens is 845 g/mol. The molecule has 7 rings (SSSR count). The first-order valence-electron chi connectivity index (χ1n) is 20.4. The molecule has 1 saturated carbocycles. The number of halogens is 1. The van der Waals surface area contributed by atoms with Crippen molar-refractivity contribution in [2.24, 2.45) is 17.3 Å². The number of anilines is 1. The van der Waals surface area contributed by atoms with Gasteiger partial charge in [-0.15, -0.1) is 0 Å². The molecule has 2 heterocycles. The first-order chi connectivity index (χ1) is 28.1. The highest BCUT2D eigenvalue weighted by molar-refractivity contribution is 9.10. The molecule has 3 aliphatic carbocycles. The van der Waals surface area contributed by atoms with Gasteiger partial charge in [-0.25, -0.2) is 4.98 Å². The Hall–Kier alpha value is -4.63. The first kappa shape index (κ1) is 43.5. The predicted octanol–water partition coefficient (Wildman–Crippen LogP) is 9.65. The van der Waals surface area contributed by atoms with Crippen molar-refractivity contribution in [2.45, 2.75) is 104 Å². The predicted molar refractivity (Wildman–Crippen MR) is 234 cm³/mol. The molecule has 0 unspecified atom stereocenters. The number of hydrogen-bond acceptors (Lipinski definition) is 11. The van der Waals surface area contributed by atoms with E-state index in [4.69, 9.17) is 23.4 Å². The fourth-order valence-corrected chi connectivity index (χ4v) is 10.5. The number of aliphatic hydroxyl groups excluding tert-OH is 1. The number of ether oxygens (including phenoxy) is 2. The second-order valence-electron chi connectivity index (χ2n) is 19.2. The molecule has 0 spiro atoms. The minimum atomic E-state index is -2.96. The number of rotatable bonds is 11. The zero-order valence-electron chi connectivity index (χ0n) is 36.1. The maximum absolute atomic E-state index is 15.9. The second-order valence-corrected chi connectivity index (χ2v) is 24.6. The lowest BCUT2D eigenvalue weighted by Crippen LogP contribution is -2.68. The molecule has 0 aliphatic heterocycles. The van der Waals surface area contributed by atoms with Gasteiger partial charge in [0.1, 0.15) is 29.1 Å². The topological polar surface area (TPSA) is 153 Å². The average molecular weight is 900 g/mol. The molecule has 60 heavy (non-hydrogen) atoms. The molecule has 4 atom stereocenters. The number of aromatic nitrogens is 2. The SMILES string of the molecule is CN(C)[C@@H]1c2onc(OCc3ccccc3)c2C(=O)[C@@]2(O[Si](C)(C)C(C)(C)C)C(=O)C3=C(O)c4c(c(Br)nc(NC(=O)CC(C)(C)C)c4OCc4ccccc4)C[C@H]3C[C@@H]12. The molecule has 2 aromatic heterocycles. The van der Waals surface area contributed by atoms with E-state index in [1.165, 1.54) is 0 Å². The number of benzene rings is 2. The zero-order chi connectivity index (χ0) is 43.5. The summed E-state index contributed by atoms with van der Waals surface area (Å²) >= 11 is 3.66. The Morgan fingerprint density at radius 1 is 0.950 bits per heavy atom. The molecule has 4 aromatic rings. The van der Waals surface area contributed by atoms with E-state index in [2.05, 4.69) is 47.2 Å². The van der Waals surface area contributed by atoms with Gasteiger partial charge in [-0.2, -0.15) is 0 Å². The van der Waals surface area contributed by atoms with Gasteiger partial charge in [0.25, 0.3) is 5.88 Å². The monoisotopic (exact) mass is 898 g/mol. The Kier molecular flexibility index (Phi) is 11.6. The van der Waals surface area contributed by atoms with Crippen molar-refractivity contribution < 1.29 is 37.9 Å². The molecule has 1 fully saturated rings. The Bertz CT molecular complexity index is 2350. The molecule has 12 nitrogen and oxygen atoms in total. The summed E-state index contributed by atoms with van der Waals surface area (Å²) in [7, 11) is 0.798. The largest absolute Gasteiger partial charge is 0.507 e. The van der Waals surface area contributed by atoms with Crippen molar-refractivity contribution >= 4 is 53.3 Å². The van der Waals surface area contributed by atoms with Gasteiger partial charge in [-0.3, -0.25) is 19.3 Å². The van der Waals surface area contributed by atoms with E-state index in [0.717, 1.165) is 11.1 Å². The fourth-order valence-electron chi connectivity index (χ4n) is 8.47. The van der Waals surface area contributed by atoms with Crippen molar-refractivity contribution in [1.29, 1.82) is 0 Å². The zero-order valence-corrected chi connectivity index (χ0v) is 38.7. The molecule has 2 N–H and O–H groups in total. The van der Waals surface area contributed by atoms with Crippen molar-refractivity contribution in [2.75, 3.05) is 19.4 Å². The van der Waals surface area contributed by atoms with Crippen LogP contribution >= 0.6 is 15.9 Å². The van der Waals surface area contributed by atoms with Gasteiger partial charge < -0.3 is 28.8 Å². The van der Waals surface area contributed by atoms with Crippen LogP contribution in [0.15, 0.2) is 75.4 Å². The first-order valence-corrected chi connectivity index (χ1v) is 24.1. The van der Waals surface area contributed by atoms with Gasteiger partial charge >= 0.3 is 0 Å². The lowest BCUT2D eigenvalue weighted by Gasteiger charge is -2.55. The van der Waals surface area contributed by atoms with Crippen LogP contribution < -0.4 is 14.8 Å². The summed E-state index contributed by atoms with van der Waals surface area (Å²) in [6, 6.07) is 18.4. The van der Waals surface area contributed by atoms with Crippen molar-refractivity contribution in [3.8, 4) is 11.6 Å². The number of aliphatic hydroxyl groups is 1. The second kappa shape index (κ2) is 16.0. The number of fused-ring (bicyclic) bond motifs is 4. The highest BCUT2D eigenvalue weighted by atomic mass is 79.9. The van der Waals surface area contributed by atoms with E-state index in [1.54, 1.807) is 0 Å². The maximum atomic E-state index is 15.9. The number of carbonyl (C=O) groups is 3. The highest BCUT2D eigenvalue weighted by Crippen LogP contribution is 2.59. The minimum Gasteiger partial charge on any atom is -0.507 e. The highest BCUT2D eigenvalue weighted by Gasteiger charge is 2.69. The molecule has 0 bridgehead atoms. The normalized spacial score (nSPS) is 21.6. The third kappa shape index (κ3) is 7.87. The molecule has 1 amide bonds. The van der Waals surface area contributed by atoms with Crippen LogP contribution in [-0.4, -0.2) is 65.6 Å². The van der Waals surface area contributed by atoms with Gasteiger partial charge in [0.15, 0.2) is 31.2 Å². The van der Waals surface area contributed by atoms with Gasteiger partial charge in [0, 0.05) is 23.5 Å². The lowest BCUT2D eigenvalue weighted by atomic mass is 9.57. The van der Waals surface area contributed by atoms with E-state index in [9.17, 15) is 9.90 Å². The van der Waals surface area contributed by atoms with Crippen molar-refractivity contribution in [3.05, 3.63) is 104 Å². The van der Waals surface area contributed by atoms with Gasteiger partial charge in [0.2, 0.25) is 17.5 Å². The van der Waals surface area contributed by atoms with E-state index in [-0.39, 0.29) is 83.7 Å². The standard InChI is InChI=1S/C46H55BrN4O8Si/c1-44(2,3)23-31(52)48-42-38(56-24-26-17-13-11-14-18-26)33-29(41(47)49-42)21-28-22-30-35(51(7)8)37-34(43(50-58-37)57-25-27-19-15-12-16-20-27)40(55)46(30,39(54)32(28)36(33)53)59-60(9,10)45(4,5)6/h11-20,28,30,35,53H,21-25H2,1-10H3,(H,48,49,52)/t28-,30-,35-,46-/m0/s1. The van der Waals surface area contributed by atoms with Crippen LogP contribution in [0.1, 0.15) is 98.8 Å². The number of nitrogens with zero attached hydrogens (tertiary/aromatic N) is 3. The number of nitrogens with one attached hydrogen (secondary N) is 1. The third-order valence-electron chi connectivity index (χ3n) is 12.3. The van der Waals surface area contributed by atoms with Crippen LogP contribution in [0.4, 0.5) is 5.82 Å². The molecule has 0 radical (unpaired) electrons. The van der Waals surface area contributed by atoms with Crippen LogP contribution in [0.25, 0.3) is 5.76 Å². The Labute approximate surface area is 361 Å². The van der Waals surface area contributed by atoms with Crippen LogP contribution in [0.3, 0.4) is 0 Å². The Balaban J connectivity index is 1.42.